The normalized spacial score (nSPS) is 10.4. The van der Waals surface area contributed by atoms with Gasteiger partial charge >= 0.3 is 0 Å². The average molecular weight is 378 g/mol. The Morgan fingerprint density at radius 2 is 2.29 bits per heavy atom. The van der Waals surface area contributed by atoms with E-state index in [0.717, 1.165) is 10.0 Å². The number of benzene rings is 1. The van der Waals surface area contributed by atoms with Gasteiger partial charge in [0, 0.05) is 23.5 Å². The van der Waals surface area contributed by atoms with E-state index in [1.54, 1.807) is 11.3 Å². The predicted molar refractivity (Wildman–Crippen MR) is 71.6 cm³/mol. The molecule has 0 atom stereocenters. The first-order valence-electron chi connectivity index (χ1n) is 3.94. The molecule has 0 aliphatic rings. The number of hydrogen-bond acceptors (Lipinski definition) is 2. The van der Waals surface area contributed by atoms with Crippen LogP contribution in [0.15, 0.2) is 22.0 Å². The summed E-state index contributed by atoms with van der Waals surface area (Å²) in [5, 5.41) is 12.0. The maximum Gasteiger partial charge on any atom is 0.0670 e. The third-order valence-electron chi connectivity index (χ3n) is 1.94. The van der Waals surface area contributed by atoms with Crippen LogP contribution >= 0.6 is 49.9 Å². The van der Waals surface area contributed by atoms with E-state index in [1.165, 1.54) is 13.7 Å². The van der Waals surface area contributed by atoms with Gasteiger partial charge in [-0.25, -0.2) is 0 Å². The van der Waals surface area contributed by atoms with Crippen molar-refractivity contribution in [1.82, 2.24) is 0 Å². The number of rotatable bonds is 1. The van der Waals surface area contributed by atoms with Crippen molar-refractivity contribution in [2.45, 2.75) is 6.42 Å². The first-order valence-corrected chi connectivity index (χ1v) is 6.69. The molecule has 0 unspecified atom stereocenters. The van der Waals surface area contributed by atoms with Crippen molar-refractivity contribution >= 4 is 59.9 Å². The molecular weight excluding hydrogens is 373 g/mol. The van der Waals surface area contributed by atoms with Crippen molar-refractivity contribution in [3.05, 3.63) is 31.1 Å². The molecule has 0 amide bonds. The highest BCUT2D eigenvalue weighted by atomic mass is 127. The molecule has 0 aliphatic heterocycles. The van der Waals surface area contributed by atoms with E-state index in [4.69, 9.17) is 5.26 Å². The fourth-order valence-corrected chi connectivity index (χ4v) is 3.70. The first-order chi connectivity index (χ1) is 6.72. The summed E-state index contributed by atoms with van der Waals surface area (Å²) < 4.78 is 3.52. The van der Waals surface area contributed by atoms with E-state index < -0.39 is 0 Å². The van der Waals surface area contributed by atoms with Crippen LogP contribution in [0, 0.1) is 14.9 Å². The molecule has 0 aliphatic carbocycles. The van der Waals surface area contributed by atoms with Crippen LogP contribution < -0.4 is 0 Å². The Labute approximate surface area is 108 Å². The molecule has 2 rings (SSSR count). The van der Waals surface area contributed by atoms with E-state index in [-0.39, 0.29) is 0 Å². The van der Waals surface area contributed by atoms with E-state index >= 15 is 0 Å². The van der Waals surface area contributed by atoms with Gasteiger partial charge in [0.05, 0.1) is 12.5 Å². The number of hydrogen-bond donors (Lipinski definition) is 0. The van der Waals surface area contributed by atoms with E-state index in [9.17, 15) is 0 Å². The van der Waals surface area contributed by atoms with Gasteiger partial charge in [0.1, 0.15) is 0 Å². The van der Waals surface area contributed by atoms with Gasteiger partial charge in [0.25, 0.3) is 0 Å². The topological polar surface area (TPSA) is 23.8 Å². The molecule has 0 fully saturated rings. The number of thiophene rings is 1. The molecule has 0 bridgehead atoms. The van der Waals surface area contributed by atoms with Crippen molar-refractivity contribution < 1.29 is 0 Å². The first kappa shape index (κ1) is 10.4. The summed E-state index contributed by atoms with van der Waals surface area (Å²) in [5.41, 5.74) is 1.13. The minimum absolute atomic E-state index is 0.486. The molecule has 0 N–H and O–H groups in total. The molecule has 1 aromatic carbocycles. The lowest BCUT2D eigenvalue weighted by atomic mass is 10.1. The minimum Gasteiger partial charge on any atom is -0.198 e. The molecule has 0 spiro atoms. The van der Waals surface area contributed by atoms with E-state index in [0.29, 0.717) is 6.42 Å². The van der Waals surface area contributed by atoms with Gasteiger partial charge in [-0.15, -0.1) is 11.3 Å². The fourth-order valence-electron chi connectivity index (χ4n) is 1.36. The third-order valence-corrected chi connectivity index (χ3v) is 4.59. The van der Waals surface area contributed by atoms with Gasteiger partial charge in [0.15, 0.2) is 0 Å². The van der Waals surface area contributed by atoms with Crippen LogP contribution in [0.25, 0.3) is 10.1 Å². The Kier molecular flexibility index (Phi) is 3.10. The number of halogens is 2. The van der Waals surface area contributed by atoms with Gasteiger partial charge < -0.3 is 0 Å². The smallest absolute Gasteiger partial charge is 0.0670 e. The average Bonchev–Trinajstić information content (AvgIpc) is 2.49. The van der Waals surface area contributed by atoms with Crippen LogP contribution in [0.2, 0.25) is 0 Å². The molecule has 1 heterocycles. The van der Waals surface area contributed by atoms with E-state index in [2.05, 4.69) is 62.1 Å². The molecule has 0 saturated carbocycles. The molecule has 0 saturated heterocycles. The second-order valence-corrected chi connectivity index (χ2v) is 5.84. The molecule has 1 aromatic heterocycles. The minimum atomic E-state index is 0.486. The van der Waals surface area contributed by atoms with E-state index in [1.807, 2.05) is 0 Å². The van der Waals surface area contributed by atoms with Gasteiger partial charge in [0.2, 0.25) is 0 Å². The van der Waals surface area contributed by atoms with Gasteiger partial charge in [-0.2, -0.15) is 5.26 Å². The van der Waals surface area contributed by atoms with Crippen LogP contribution in [0.1, 0.15) is 5.56 Å². The van der Waals surface area contributed by atoms with Crippen molar-refractivity contribution in [3.63, 3.8) is 0 Å². The maximum absolute atomic E-state index is 8.72. The second-order valence-electron chi connectivity index (χ2n) is 2.86. The SMILES string of the molecule is N#CCc1cc(I)cc2c(Br)csc12. The zero-order chi connectivity index (χ0) is 10.1. The summed E-state index contributed by atoms with van der Waals surface area (Å²) in [4.78, 5) is 0. The van der Waals surface area contributed by atoms with Gasteiger partial charge in [-0.05, 0) is 56.2 Å². The van der Waals surface area contributed by atoms with Crippen LogP contribution in [-0.4, -0.2) is 0 Å². The van der Waals surface area contributed by atoms with Crippen LogP contribution in [0.5, 0.6) is 0 Å². The molecule has 4 heteroatoms. The molecule has 14 heavy (non-hydrogen) atoms. The maximum atomic E-state index is 8.72. The summed E-state index contributed by atoms with van der Waals surface area (Å²) in [6.45, 7) is 0. The summed E-state index contributed by atoms with van der Waals surface area (Å²) >= 11 is 7.48. The Morgan fingerprint density at radius 1 is 1.50 bits per heavy atom. The Bertz CT molecular complexity index is 527. The Hall–Kier alpha value is -0.120. The highest BCUT2D eigenvalue weighted by Crippen LogP contribution is 2.34. The lowest BCUT2D eigenvalue weighted by molar-refractivity contribution is 1.29. The predicted octanol–water partition coefficient (Wildman–Crippen LogP) is 4.33. The highest BCUT2D eigenvalue weighted by Gasteiger charge is 2.07. The number of fused-ring (bicyclic) bond motifs is 1. The lowest BCUT2D eigenvalue weighted by Crippen LogP contribution is -1.83. The van der Waals surface area contributed by atoms with Crippen molar-refractivity contribution in [3.8, 4) is 6.07 Å². The van der Waals surface area contributed by atoms with Crippen molar-refractivity contribution in [2.75, 3.05) is 0 Å². The van der Waals surface area contributed by atoms with Gasteiger partial charge in [-0.3, -0.25) is 0 Å². The quantitative estimate of drug-likeness (QED) is 0.678. The highest BCUT2D eigenvalue weighted by molar-refractivity contribution is 14.1. The second kappa shape index (κ2) is 4.17. The van der Waals surface area contributed by atoms with Gasteiger partial charge in [-0.1, -0.05) is 0 Å². The Morgan fingerprint density at radius 3 is 3.00 bits per heavy atom. The standard InChI is InChI=1S/C10H5BrINS/c11-9-5-14-10-6(1-2-13)3-7(12)4-8(9)10/h3-5H,1H2. The molecule has 1 nitrogen and oxygen atoms in total. The van der Waals surface area contributed by atoms with Crippen molar-refractivity contribution in [2.24, 2.45) is 0 Å². The van der Waals surface area contributed by atoms with Crippen molar-refractivity contribution in [1.29, 1.82) is 5.26 Å². The monoisotopic (exact) mass is 377 g/mol. The lowest BCUT2D eigenvalue weighted by Gasteiger charge is -1.99. The summed E-state index contributed by atoms with van der Waals surface area (Å²) in [5.74, 6) is 0. The fraction of sp³-hybridized carbons (Fsp3) is 0.100. The summed E-state index contributed by atoms with van der Waals surface area (Å²) in [6, 6.07) is 6.42. The Balaban J connectivity index is 2.76. The van der Waals surface area contributed by atoms with Crippen LogP contribution in [0.3, 0.4) is 0 Å². The zero-order valence-corrected chi connectivity index (χ0v) is 11.6. The molecule has 0 radical (unpaired) electrons. The largest absolute Gasteiger partial charge is 0.198 e. The molecular formula is C10H5BrINS. The molecule has 70 valence electrons. The zero-order valence-electron chi connectivity index (χ0n) is 7.05. The van der Waals surface area contributed by atoms with Crippen LogP contribution in [-0.2, 0) is 6.42 Å². The number of nitrogens with zero attached hydrogens (tertiary/aromatic N) is 1. The summed E-state index contributed by atoms with van der Waals surface area (Å²) in [6.07, 6.45) is 0.486. The number of nitriles is 1. The summed E-state index contributed by atoms with van der Waals surface area (Å²) in [7, 11) is 0. The molecule has 2 aromatic rings. The van der Waals surface area contributed by atoms with Crippen LogP contribution in [0.4, 0.5) is 0 Å². The third kappa shape index (κ3) is 1.81.